The number of benzene rings is 1. The SMILES string of the molecule is c1ccc(CC[C@@H]2NCCc3[nH]cnc32)cc1. The largest absolute Gasteiger partial charge is 0.348 e. The molecule has 2 N–H and O–H groups in total. The molecule has 1 aliphatic heterocycles. The summed E-state index contributed by atoms with van der Waals surface area (Å²) in [6.07, 6.45) is 5.09. The summed E-state index contributed by atoms with van der Waals surface area (Å²) in [6, 6.07) is 11.1. The normalized spacial score (nSPS) is 18.9. The van der Waals surface area contributed by atoms with Crippen LogP contribution in [0.15, 0.2) is 36.7 Å². The van der Waals surface area contributed by atoms with Gasteiger partial charge in [-0.05, 0) is 18.4 Å². The van der Waals surface area contributed by atoms with Crippen molar-refractivity contribution in [3.8, 4) is 0 Å². The van der Waals surface area contributed by atoms with Crippen LogP contribution in [0.2, 0.25) is 0 Å². The van der Waals surface area contributed by atoms with E-state index >= 15 is 0 Å². The van der Waals surface area contributed by atoms with Gasteiger partial charge in [-0.1, -0.05) is 30.3 Å². The molecule has 1 aromatic heterocycles. The Morgan fingerprint density at radius 2 is 2.12 bits per heavy atom. The van der Waals surface area contributed by atoms with E-state index in [1.165, 1.54) is 17.0 Å². The molecule has 0 saturated carbocycles. The fraction of sp³-hybridized carbons (Fsp3) is 0.357. The maximum Gasteiger partial charge on any atom is 0.0925 e. The molecule has 3 rings (SSSR count). The Labute approximate surface area is 101 Å². The third-order valence-corrected chi connectivity index (χ3v) is 3.41. The second kappa shape index (κ2) is 4.72. The Hall–Kier alpha value is -1.61. The first-order chi connectivity index (χ1) is 8.43. The van der Waals surface area contributed by atoms with Gasteiger partial charge in [0.25, 0.3) is 0 Å². The van der Waals surface area contributed by atoms with Gasteiger partial charge in [0.2, 0.25) is 0 Å². The van der Waals surface area contributed by atoms with Crippen LogP contribution in [0.3, 0.4) is 0 Å². The Bertz CT molecular complexity index is 475. The van der Waals surface area contributed by atoms with E-state index < -0.39 is 0 Å². The second-order valence-electron chi connectivity index (χ2n) is 4.55. The van der Waals surface area contributed by atoms with Gasteiger partial charge in [-0.2, -0.15) is 0 Å². The minimum Gasteiger partial charge on any atom is -0.348 e. The van der Waals surface area contributed by atoms with E-state index in [2.05, 4.69) is 45.6 Å². The number of rotatable bonds is 3. The van der Waals surface area contributed by atoms with Crippen LogP contribution >= 0.6 is 0 Å². The van der Waals surface area contributed by atoms with Crippen molar-refractivity contribution < 1.29 is 0 Å². The molecule has 1 atom stereocenters. The molecule has 3 heteroatoms. The summed E-state index contributed by atoms with van der Waals surface area (Å²) in [7, 11) is 0. The van der Waals surface area contributed by atoms with Crippen LogP contribution in [-0.4, -0.2) is 16.5 Å². The average Bonchev–Trinajstić information content (AvgIpc) is 2.86. The van der Waals surface area contributed by atoms with Crippen molar-refractivity contribution in [3.63, 3.8) is 0 Å². The number of hydrogen-bond donors (Lipinski definition) is 2. The van der Waals surface area contributed by atoms with Gasteiger partial charge >= 0.3 is 0 Å². The molecule has 2 heterocycles. The first kappa shape index (κ1) is 10.5. The van der Waals surface area contributed by atoms with Gasteiger partial charge < -0.3 is 10.3 Å². The molecule has 2 aromatic rings. The minimum absolute atomic E-state index is 0.408. The molecule has 0 saturated heterocycles. The van der Waals surface area contributed by atoms with Crippen LogP contribution in [-0.2, 0) is 12.8 Å². The second-order valence-corrected chi connectivity index (χ2v) is 4.55. The van der Waals surface area contributed by atoms with Gasteiger partial charge in [0.1, 0.15) is 0 Å². The zero-order chi connectivity index (χ0) is 11.5. The van der Waals surface area contributed by atoms with Crippen molar-refractivity contribution in [1.82, 2.24) is 15.3 Å². The molecule has 3 nitrogen and oxygen atoms in total. The van der Waals surface area contributed by atoms with Gasteiger partial charge in [0.15, 0.2) is 0 Å². The van der Waals surface area contributed by atoms with Crippen molar-refractivity contribution in [2.24, 2.45) is 0 Å². The van der Waals surface area contributed by atoms with Gasteiger partial charge in [-0.3, -0.25) is 0 Å². The molecule has 0 amide bonds. The molecular formula is C14H17N3. The van der Waals surface area contributed by atoms with E-state index in [1.807, 2.05) is 6.33 Å². The molecule has 0 fully saturated rings. The zero-order valence-corrected chi connectivity index (χ0v) is 9.82. The maximum atomic E-state index is 4.43. The van der Waals surface area contributed by atoms with Crippen LogP contribution in [0.25, 0.3) is 0 Å². The fourth-order valence-electron chi connectivity index (χ4n) is 2.49. The van der Waals surface area contributed by atoms with Gasteiger partial charge in [-0.15, -0.1) is 0 Å². The van der Waals surface area contributed by atoms with E-state index in [0.717, 1.165) is 25.8 Å². The third-order valence-electron chi connectivity index (χ3n) is 3.41. The van der Waals surface area contributed by atoms with E-state index in [0.29, 0.717) is 6.04 Å². The summed E-state index contributed by atoms with van der Waals surface area (Å²) < 4.78 is 0. The summed E-state index contributed by atoms with van der Waals surface area (Å²) in [5.41, 5.74) is 3.92. The minimum atomic E-state index is 0.408. The summed E-state index contributed by atoms with van der Waals surface area (Å²) in [6.45, 7) is 1.05. The number of nitrogens with one attached hydrogen (secondary N) is 2. The van der Waals surface area contributed by atoms with Crippen LogP contribution in [0.4, 0.5) is 0 Å². The molecule has 17 heavy (non-hydrogen) atoms. The lowest BCUT2D eigenvalue weighted by molar-refractivity contribution is 0.464. The van der Waals surface area contributed by atoms with Crippen molar-refractivity contribution in [2.75, 3.05) is 6.54 Å². The number of nitrogens with zero attached hydrogens (tertiary/aromatic N) is 1. The van der Waals surface area contributed by atoms with Gasteiger partial charge in [0.05, 0.1) is 18.1 Å². The molecule has 0 aliphatic carbocycles. The first-order valence-corrected chi connectivity index (χ1v) is 6.23. The van der Waals surface area contributed by atoms with Gasteiger partial charge in [0, 0.05) is 18.7 Å². The Morgan fingerprint density at radius 1 is 1.24 bits per heavy atom. The predicted octanol–water partition coefficient (Wildman–Crippen LogP) is 2.23. The smallest absolute Gasteiger partial charge is 0.0925 e. The Kier molecular flexibility index (Phi) is 2.92. The topological polar surface area (TPSA) is 40.7 Å². The summed E-state index contributed by atoms with van der Waals surface area (Å²) in [4.78, 5) is 7.67. The zero-order valence-electron chi connectivity index (χ0n) is 9.82. The quantitative estimate of drug-likeness (QED) is 0.844. The van der Waals surface area contributed by atoms with E-state index in [1.54, 1.807) is 0 Å². The number of imidazole rings is 1. The van der Waals surface area contributed by atoms with Crippen LogP contribution in [0.1, 0.15) is 29.4 Å². The summed E-state index contributed by atoms with van der Waals surface area (Å²) in [5.74, 6) is 0. The van der Waals surface area contributed by atoms with Crippen molar-refractivity contribution in [3.05, 3.63) is 53.6 Å². The van der Waals surface area contributed by atoms with E-state index in [9.17, 15) is 0 Å². The molecule has 1 aliphatic rings. The average molecular weight is 227 g/mol. The molecule has 0 radical (unpaired) electrons. The summed E-state index contributed by atoms with van der Waals surface area (Å²) in [5, 5.41) is 3.55. The highest BCUT2D eigenvalue weighted by molar-refractivity contribution is 5.20. The van der Waals surface area contributed by atoms with Crippen LogP contribution in [0.5, 0.6) is 0 Å². The third kappa shape index (κ3) is 2.24. The lowest BCUT2D eigenvalue weighted by Gasteiger charge is -2.22. The highest BCUT2D eigenvalue weighted by atomic mass is 15.0. The molecule has 0 spiro atoms. The monoisotopic (exact) mass is 227 g/mol. The number of aromatic amines is 1. The number of aryl methyl sites for hydroxylation is 1. The standard InChI is InChI=1S/C14H17N3/c1-2-4-11(5-3-1)6-7-12-14-13(8-9-15-12)16-10-17-14/h1-5,10,12,15H,6-9H2,(H,16,17)/t12-/m0/s1. The Balaban J connectivity index is 1.68. The fourth-order valence-corrected chi connectivity index (χ4v) is 2.49. The highest BCUT2D eigenvalue weighted by Crippen LogP contribution is 2.23. The number of hydrogen-bond acceptors (Lipinski definition) is 2. The molecular weight excluding hydrogens is 210 g/mol. The summed E-state index contributed by atoms with van der Waals surface area (Å²) >= 11 is 0. The van der Waals surface area contributed by atoms with Crippen LogP contribution in [0, 0.1) is 0 Å². The first-order valence-electron chi connectivity index (χ1n) is 6.23. The molecule has 88 valence electrons. The van der Waals surface area contributed by atoms with Gasteiger partial charge in [-0.25, -0.2) is 4.98 Å². The number of aromatic nitrogens is 2. The molecule has 1 aromatic carbocycles. The van der Waals surface area contributed by atoms with Crippen molar-refractivity contribution >= 4 is 0 Å². The maximum absolute atomic E-state index is 4.43. The van der Waals surface area contributed by atoms with Crippen molar-refractivity contribution in [2.45, 2.75) is 25.3 Å². The molecule has 0 bridgehead atoms. The van der Waals surface area contributed by atoms with E-state index in [-0.39, 0.29) is 0 Å². The highest BCUT2D eigenvalue weighted by Gasteiger charge is 2.21. The van der Waals surface area contributed by atoms with Crippen molar-refractivity contribution in [1.29, 1.82) is 0 Å². The van der Waals surface area contributed by atoms with E-state index in [4.69, 9.17) is 0 Å². The molecule has 0 unspecified atom stereocenters. The van der Waals surface area contributed by atoms with Crippen LogP contribution < -0.4 is 5.32 Å². The predicted molar refractivity (Wildman–Crippen MR) is 67.8 cm³/mol. The number of H-pyrrole nitrogens is 1. The number of fused-ring (bicyclic) bond motifs is 1. The lowest BCUT2D eigenvalue weighted by Crippen LogP contribution is -2.30. The lowest BCUT2D eigenvalue weighted by atomic mass is 9.98. The Morgan fingerprint density at radius 3 is 3.00 bits per heavy atom.